The second-order valence-corrected chi connectivity index (χ2v) is 6.23. The molecule has 0 bridgehead atoms. The van der Waals surface area contributed by atoms with Crippen LogP contribution in [0.1, 0.15) is 26.3 Å². The van der Waals surface area contributed by atoms with Crippen molar-refractivity contribution in [2.75, 3.05) is 5.32 Å². The van der Waals surface area contributed by atoms with E-state index in [1.165, 1.54) is 5.56 Å². The maximum atomic E-state index is 4.29. The third kappa shape index (κ3) is 3.33. The van der Waals surface area contributed by atoms with E-state index in [-0.39, 0.29) is 5.41 Å². The summed E-state index contributed by atoms with van der Waals surface area (Å²) in [5.74, 6) is 0.849. The highest BCUT2D eigenvalue weighted by Crippen LogP contribution is 2.24. The van der Waals surface area contributed by atoms with E-state index in [4.69, 9.17) is 0 Å². The summed E-state index contributed by atoms with van der Waals surface area (Å²) in [6.07, 6.45) is 1.78. The SMILES string of the molecule is CC(C)(C)c1ccc(Nc2ccc(Br)cn2)cc1. The highest BCUT2D eigenvalue weighted by atomic mass is 79.9. The molecule has 2 nitrogen and oxygen atoms in total. The lowest BCUT2D eigenvalue weighted by molar-refractivity contribution is 0.590. The number of anilines is 2. The molecule has 0 aliphatic heterocycles. The van der Waals surface area contributed by atoms with E-state index in [1.807, 2.05) is 12.1 Å². The first-order valence-corrected chi connectivity index (χ1v) is 6.73. The Morgan fingerprint density at radius 1 is 1.00 bits per heavy atom. The number of nitrogens with zero attached hydrogens (tertiary/aromatic N) is 1. The molecule has 1 aromatic carbocycles. The normalized spacial score (nSPS) is 11.3. The van der Waals surface area contributed by atoms with E-state index in [9.17, 15) is 0 Å². The quantitative estimate of drug-likeness (QED) is 0.855. The van der Waals surface area contributed by atoms with Crippen molar-refractivity contribution >= 4 is 27.4 Å². The molecule has 0 aliphatic rings. The number of hydrogen-bond acceptors (Lipinski definition) is 2. The number of benzene rings is 1. The van der Waals surface area contributed by atoms with Crippen LogP contribution in [-0.2, 0) is 5.41 Å². The van der Waals surface area contributed by atoms with E-state index in [0.29, 0.717) is 0 Å². The lowest BCUT2D eigenvalue weighted by Crippen LogP contribution is -2.10. The minimum atomic E-state index is 0.189. The summed E-state index contributed by atoms with van der Waals surface area (Å²) in [6.45, 7) is 6.64. The molecule has 2 aromatic rings. The molecule has 2 rings (SSSR count). The number of aromatic nitrogens is 1. The Balaban J connectivity index is 2.13. The molecule has 0 atom stereocenters. The lowest BCUT2D eigenvalue weighted by atomic mass is 9.87. The van der Waals surface area contributed by atoms with Gasteiger partial charge in [0.05, 0.1) is 0 Å². The number of rotatable bonds is 2. The third-order valence-corrected chi connectivity index (χ3v) is 3.22. The van der Waals surface area contributed by atoms with Crippen molar-refractivity contribution in [3.63, 3.8) is 0 Å². The maximum Gasteiger partial charge on any atom is 0.130 e. The Hall–Kier alpha value is -1.35. The fourth-order valence-corrected chi connectivity index (χ4v) is 1.89. The molecular weight excluding hydrogens is 288 g/mol. The molecule has 1 aromatic heterocycles. The first-order valence-electron chi connectivity index (χ1n) is 5.94. The molecule has 94 valence electrons. The van der Waals surface area contributed by atoms with Crippen LogP contribution in [-0.4, -0.2) is 4.98 Å². The van der Waals surface area contributed by atoms with Crippen molar-refractivity contribution in [3.8, 4) is 0 Å². The van der Waals surface area contributed by atoms with Gasteiger partial charge in [-0.3, -0.25) is 0 Å². The van der Waals surface area contributed by atoms with Crippen LogP contribution in [0.4, 0.5) is 11.5 Å². The van der Waals surface area contributed by atoms with Crippen LogP contribution in [0.5, 0.6) is 0 Å². The van der Waals surface area contributed by atoms with Gasteiger partial charge in [0.2, 0.25) is 0 Å². The molecule has 0 radical (unpaired) electrons. The highest BCUT2D eigenvalue weighted by Gasteiger charge is 2.12. The zero-order valence-electron chi connectivity index (χ0n) is 10.9. The number of hydrogen-bond donors (Lipinski definition) is 1. The Morgan fingerprint density at radius 2 is 1.67 bits per heavy atom. The molecule has 0 fully saturated rings. The number of halogens is 1. The van der Waals surface area contributed by atoms with Crippen molar-refractivity contribution in [2.24, 2.45) is 0 Å². The molecule has 18 heavy (non-hydrogen) atoms. The minimum absolute atomic E-state index is 0.189. The monoisotopic (exact) mass is 304 g/mol. The van der Waals surface area contributed by atoms with Gasteiger partial charge in [0.15, 0.2) is 0 Å². The van der Waals surface area contributed by atoms with Gasteiger partial charge >= 0.3 is 0 Å². The summed E-state index contributed by atoms with van der Waals surface area (Å²) in [5.41, 5.74) is 2.57. The predicted molar refractivity (Wildman–Crippen MR) is 80.4 cm³/mol. The second-order valence-electron chi connectivity index (χ2n) is 5.31. The Morgan fingerprint density at radius 3 is 2.17 bits per heavy atom. The summed E-state index contributed by atoms with van der Waals surface area (Å²) in [5, 5.41) is 3.28. The molecule has 1 heterocycles. The Labute approximate surface area is 117 Å². The van der Waals surface area contributed by atoms with E-state index < -0.39 is 0 Å². The zero-order valence-corrected chi connectivity index (χ0v) is 12.5. The van der Waals surface area contributed by atoms with Crippen molar-refractivity contribution in [1.29, 1.82) is 0 Å². The van der Waals surface area contributed by atoms with E-state index in [2.05, 4.69) is 71.3 Å². The van der Waals surface area contributed by atoms with E-state index in [1.54, 1.807) is 6.20 Å². The topological polar surface area (TPSA) is 24.9 Å². The van der Waals surface area contributed by atoms with Gasteiger partial charge in [-0.2, -0.15) is 0 Å². The smallest absolute Gasteiger partial charge is 0.130 e. The highest BCUT2D eigenvalue weighted by molar-refractivity contribution is 9.10. The van der Waals surface area contributed by atoms with Gasteiger partial charge in [0.25, 0.3) is 0 Å². The summed E-state index contributed by atoms with van der Waals surface area (Å²) < 4.78 is 0.983. The van der Waals surface area contributed by atoms with Gasteiger partial charge in [-0.15, -0.1) is 0 Å². The molecule has 0 amide bonds. The molecule has 3 heteroatoms. The fourth-order valence-electron chi connectivity index (χ4n) is 1.65. The average molecular weight is 305 g/mol. The van der Waals surface area contributed by atoms with Crippen LogP contribution in [0.3, 0.4) is 0 Å². The zero-order chi connectivity index (χ0) is 13.2. The molecule has 0 saturated heterocycles. The average Bonchev–Trinajstić information content (AvgIpc) is 2.32. The number of pyridine rings is 1. The first kappa shape index (κ1) is 13.1. The van der Waals surface area contributed by atoms with Crippen molar-refractivity contribution in [2.45, 2.75) is 26.2 Å². The van der Waals surface area contributed by atoms with Gasteiger partial charge < -0.3 is 5.32 Å². The van der Waals surface area contributed by atoms with Crippen molar-refractivity contribution in [3.05, 3.63) is 52.6 Å². The van der Waals surface area contributed by atoms with Gasteiger partial charge in [-0.25, -0.2) is 4.98 Å². The second kappa shape index (κ2) is 5.11. The van der Waals surface area contributed by atoms with Crippen LogP contribution in [0.2, 0.25) is 0 Å². The van der Waals surface area contributed by atoms with Gasteiger partial charge in [0.1, 0.15) is 5.82 Å². The molecule has 0 aliphatic carbocycles. The standard InChI is InChI=1S/C15H17BrN2/c1-15(2,3)11-4-7-13(8-5-11)18-14-9-6-12(16)10-17-14/h4-10H,1-3H3,(H,17,18). The van der Waals surface area contributed by atoms with Crippen molar-refractivity contribution < 1.29 is 0 Å². The summed E-state index contributed by atoms with van der Waals surface area (Å²) in [4.78, 5) is 4.29. The van der Waals surface area contributed by atoms with E-state index in [0.717, 1.165) is 16.0 Å². The van der Waals surface area contributed by atoms with Gasteiger partial charge in [0, 0.05) is 16.4 Å². The molecule has 1 N–H and O–H groups in total. The van der Waals surface area contributed by atoms with Crippen LogP contribution < -0.4 is 5.32 Å². The molecule has 0 saturated carbocycles. The van der Waals surface area contributed by atoms with E-state index >= 15 is 0 Å². The summed E-state index contributed by atoms with van der Waals surface area (Å²) in [6, 6.07) is 12.4. The van der Waals surface area contributed by atoms with Crippen LogP contribution in [0, 0.1) is 0 Å². The molecular formula is C15H17BrN2. The Bertz CT molecular complexity index is 510. The molecule has 0 unspecified atom stereocenters. The maximum absolute atomic E-state index is 4.29. The first-order chi connectivity index (χ1) is 8.45. The number of nitrogens with one attached hydrogen (secondary N) is 1. The minimum Gasteiger partial charge on any atom is -0.340 e. The molecule has 0 spiro atoms. The summed E-state index contributed by atoms with van der Waals surface area (Å²) in [7, 11) is 0. The summed E-state index contributed by atoms with van der Waals surface area (Å²) >= 11 is 3.37. The third-order valence-electron chi connectivity index (χ3n) is 2.75. The largest absolute Gasteiger partial charge is 0.340 e. The predicted octanol–water partition coefficient (Wildman–Crippen LogP) is 4.89. The van der Waals surface area contributed by atoms with Gasteiger partial charge in [-0.1, -0.05) is 32.9 Å². The van der Waals surface area contributed by atoms with Crippen LogP contribution >= 0.6 is 15.9 Å². The fraction of sp³-hybridized carbons (Fsp3) is 0.267. The van der Waals surface area contributed by atoms with Crippen LogP contribution in [0.25, 0.3) is 0 Å². The van der Waals surface area contributed by atoms with Crippen LogP contribution in [0.15, 0.2) is 47.1 Å². The van der Waals surface area contributed by atoms with Crippen molar-refractivity contribution in [1.82, 2.24) is 4.98 Å². The lowest BCUT2D eigenvalue weighted by Gasteiger charge is -2.19. The Kier molecular flexibility index (Phi) is 3.71. The van der Waals surface area contributed by atoms with Gasteiger partial charge in [-0.05, 0) is 51.2 Å².